The number of anilines is 1. The van der Waals surface area contributed by atoms with Crippen LogP contribution in [0.2, 0.25) is 0 Å². The Hall–Kier alpha value is -1.44. The molecule has 106 valence electrons. The van der Waals surface area contributed by atoms with Gasteiger partial charge < -0.3 is 5.73 Å². The van der Waals surface area contributed by atoms with Crippen molar-refractivity contribution in [1.29, 1.82) is 0 Å². The van der Waals surface area contributed by atoms with Gasteiger partial charge in [0.1, 0.15) is 10.7 Å². The number of halogens is 2. The van der Waals surface area contributed by atoms with Gasteiger partial charge in [0, 0.05) is 11.0 Å². The van der Waals surface area contributed by atoms with Crippen molar-refractivity contribution in [1.82, 2.24) is 4.72 Å². The van der Waals surface area contributed by atoms with Crippen molar-refractivity contribution in [2.24, 2.45) is 0 Å². The minimum atomic E-state index is -3.79. The summed E-state index contributed by atoms with van der Waals surface area (Å²) in [5, 5.41) is 0. The fraction of sp³-hybridized carbons (Fsp3) is 0.0769. The zero-order valence-electron chi connectivity index (χ0n) is 10.3. The molecule has 0 bridgehead atoms. The summed E-state index contributed by atoms with van der Waals surface area (Å²) in [4.78, 5) is -0.133. The van der Waals surface area contributed by atoms with Gasteiger partial charge in [0.15, 0.2) is 0 Å². The van der Waals surface area contributed by atoms with E-state index < -0.39 is 15.8 Å². The van der Waals surface area contributed by atoms with E-state index in [-0.39, 0.29) is 17.1 Å². The van der Waals surface area contributed by atoms with Crippen LogP contribution in [0.3, 0.4) is 0 Å². The number of nitrogen functional groups attached to an aromatic ring is 1. The maximum Gasteiger partial charge on any atom is 0.242 e. The lowest BCUT2D eigenvalue weighted by Crippen LogP contribution is -2.24. The van der Waals surface area contributed by atoms with Gasteiger partial charge in [-0.25, -0.2) is 17.5 Å². The van der Waals surface area contributed by atoms with Crippen molar-refractivity contribution in [2.75, 3.05) is 5.73 Å². The molecule has 0 radical (unpaired) electrons. The van der Waals surface area contributed by atoms with Crippen molar-refractivity contribution in [3.63, 3.8) is 0 Å². The fourth-order valence-corrected chi connectivity index (χ4v) is 3.20. The van der Waals surface area contributed by atoms with Crippen molar-refractivity contribution < 1.29 is 12.8 Å². The minimum Gasteiger partial charge on any atom is -0.398 e. The molecule has 0 aliphatic carbocycles. The normalized spacial score (nSPS) is 11.5. The summed E-state index contributed by atoms with van der Waals surface area (Å²) in [6.45, 7) is 0.112. The summed E-state index contributed by atoms with van der Waals surface area (Å²) in [5.74, 6) is -0.577. The predicted octanol–water partition coefficient (Wildman–Crippen LogP) is 2.65. The lowest BCUT2D eigenvalue weighted by Gasteiger charge is -2.10. The number of nitrogens with two attached hydrogens (primary N) is 1. The van der Waals surface area contributed by atoms with Gasteiger partial charge >= 0.3 is 0 Å². The van der Waals surface area contributed by atoms with E-state index in [1.54, 1.807) is 12.1 Å². The highest BCUT2D eigenvalue weighted by atomic mass is 79.9. The maximum atomic E-state index is 12.9. The molecule has 2 aromatic rings. The van der Waals surface area contributed by atoms with E-state index >= 15 is 0 Å². The molecule has 0 fully saturated rings. The van der Waals surface area contributed by atoms with Gasteiger partial charge in [-0.1, -0.05) is 34.1 Å². The van der Waals surface area contributed by atoms with E-state index in [0.717, 1.165) is 28.2 Å². The van der Waals surface area contributed by atoms with Gasteiger partial charge in [0.2, 0.25) is 10.0 Å². The number of sulfonamides is 1. The lowest BCUT2D eigenvalue weighted by atomic mass is 10.2. The van der Waals surface area contributed by atoms with Crippen molar-refractivity contribution in [3.05, 3.63) is 58.3 Å². The molecule has 3 N–H and O–H groups in total. The summed E-state index contributed by atoms with van der Waals surface area (Å²) in [7, 11) is -3.79. The van der Waals surface area contributed by atoms with Gasteiger partial charge in [0.05, 0.1) is 5.69 Å². The van der Waals surface area contributed by atoms with E-state index in [0.29, 0.717) is 0 Å². The third-order valence-electron chi connectivity index (χ3n) is 2.67. The van der Waals surface area contributed by atoms with Crippen LogP contribution in [0, 0.1) is 5.82 Å². The highest BCUT2D eigenvalue weighted by Crippen LogP contribution is 2.20. The number of rotatable bonds is 4. The summed E-state index contributed by atoms with van der Waals surface area (Å²) >= 11 is 3.34. The molecule has 0 aliphatic heterocycles. The van der Waals surface area contributed by atoms with Crippen LogP contribution in [0.4, 0.5) is 10.1 Å². The summed E-state index contributed by atoms with van der Waals surface area (Å²) in [6, 6.07) is 10.4. The molecule has 0 saturated heterocycles. The SMILES string of the molecule is Nc1cc(F)ccc1S(=O)(=O)NCc1ccccc1Br. The predicted molar refractivity (Wildman–Crippen MR) is 79.0 cm³/mol. The highest BCUT2D eigenvalue weighted by molar-refractivity contribution is 9.10. The van der Waals surface area contributed by atoms with Crippen molar-refractivity contribution in [3.8, 4) is 0 Å². The first-order chi connectivity index (χ1) is 9.40. The number of hydrogen-bond acceptors (Lipinski definition) is 3. The molecule has 0 amide bonds. The zero-order valence-corrected chi connectivity index (χ0v) is 12.7. The van der Waals surface area contributed by atoms with Gasteiger partial charge in [0.25, 0.3) is 0 Å². The van der Waals surface area contributed by atoms with E-state index in [9.17, 15) is 12.8 Å². The largest absolute Gasteiger partial charge is 0.398 e. The highest BCUT2D eigenvalue weighted by Gasteiger charge is 2.17. The number of nitrogens with one attached hydrogen (secondary N) is 1. The van der Waals surface area contributed by atoms with Crippen LogP contribution < -0.4 is 10.5 Å². The van der Waals surface area contributed by atoms with Crippen LogP contribution in [0.25, 0.3) is 0 Å². The smallest absolute Gasteiger partial charge is 0.242 e. The lowest BCUT2D eigenvalue weighted by molar-refractivity contribution is 0.581. The average molecular weight is 359 g/mol. The number of benzene rings is 2. The Morgan fingerprint density at radius 2 is 1.90 bits per heavy atom. The average Bonchev–Trinajstić information content (AvgIpc) is 2.37. The summed E-state index contributed by atoms with van der Waals surface area (Å²) < 4.78 is 40.4. The number of hydrogen-bond donors (Lipinski definition) is 2. The van der Waals surface area contributed by atoms with E-state index in [4.69, 9.17) is 5.73 Å². The second kappa shape index (κ2) is 5.90. The van der Waals surface area contributed by atoms with Crippen molar-refractivity contribution >= 4 is 31.6 Å². The Kier molecular flexibility index (Phi) is 4.42. The van der Waals surface area contributed by atoms with Crippen LogP contribution in [0.1, 0.15) is 5.56 Å². The zero-order chi connectivity index (χ0) is 14.8. The quantitative estimate of drug-likeness (QED) is 0.825. The first-order valence-corrected chi connectivity index (χ1v) is 7.96. The molecule has 7 heteroatoms. The molecule has 0 heterocycles. The van der Waals surface area contributed by atoms with E-state index in [1.807, 2.05) is 12.1 Å². The van der Waals surface area contributed by atoms with Crippen LogP contribution in [0.15, 0.2) is 51.8 Å². The molecular formula is C13H12BrFN2O2S. The van der Waals surface area contributed by atoms with E-state index in [2.05, 4.69) is 20.7 Å². The second-order valence-corrected chi connectivity index (χ2v) is 6.69. The fourth-order valence-electron chi connectivity index (χ4n) is 1.66. The van der Waals surface area contributed by atoms with E-state index in [1.165, 1.54) is 0 Å². The maximum absolute atomic E-state index is 12.9. The molecule has 4 nitrogen and oxygen atoms in total. The van der Waals surface area contributed by atoms with Crippen molar-refractivity contribution in [2.45, 2.75) is 11.4 Å². The van der Waals surface area contributed by atoms with Gasteiger partial charge in [-0.05, 0) is 29.8 Å². The topological polar surface area (TPSA) is 72.2 Å². The molecule has 0 atom stereocenters. The van der Waals surface area contributed by atoms with Crippen LogP contribution in [0.5, 0.6) is 0 Å². The first-order valence-electron chi connectivity index (χ1n) is 5.68. The molecule has 0 unspecified atom stereocenters. The molecule has 0 aliphatic rings. The summed E-state index contributed by atoms with van der Waals surface area (Å²) in [5.41, 5.74) is 6.21. The third-order valence-corrected chi connectivity index (χ3v) is 4.92. The van der Waals surface area contributed by atoms with Crippen LogP contribution in [-0.2, 0) is 16.6 Å². The van der Waals surface area contributed by atoms with Crippen LogP contribution >= 0.6 is 15.9 Å². The Labute approximate surface area is 125 Å². The molecule has 0 aromatic heterocycles. The molecule has 2 rings (SSSR count). The summed E-state index contributed by atoms with van der Waals surface area (Å²) in [6.07, 6.45) is 0. The van der Waals surface area contributed by atoms with Gasteiger partial charge in [-0.3, -0.25) is 0 Å². The standard InChI is InChI=1S/C13H12BrFN2O2S/c14-11-4-2-1-3-9(11)8-17-20(18,19)13-6-5-10(15)7-12(13)16/h1-7,17H,8,16H2. The Balaban J connectivity index is 2.22. The third kappa shape index (κ3) is 3.36. The second-order valence-electron chi connectivity index (χ2n) is 4.10. The molecule has 0 saturated carbocycles. The first kappa shape index (κ1) is 15.0. The molecule has 2 aromatic carbocycles. The van der Waals surface area contributed by atoms with Crippen LogP contribution in [-0.4, -0.2) is 8.42 Å². The Bertz CT molecular complexity index is 735. The Morgan fingerprint density at radius 1 is 1.20 bits per heavy atom. The molecular weight excluding hydrogens is 347 g/mol. The van der Waals surface area contributed by atoms with Gasteiger partial charge in [-0.2, -0.15) is 0 Å². The monoisotopic (exact) mass is 358 g/mol. The Morgan fingerprint density at radius 3 is 2.55 bits per heavy atom. The minimum absolute atomic E-state index is 0.112. The molecule has 0 spiro atoms. The van der Waals surface area contributed by atoms with Gasteiger partial charge in [-0.15, -0.1) is 0 Å². The molecule has 20 heavy (non-hydrogen) atoms.